The standard InChI is InChI=1S/C22H31N3O4/c1-6-23-22(25-15-17-7-12-20(27-4)21(13-17)28-5)24-14-16(2)29-19-10-8-18(26-3)9-11-19/h7-13,16H,6,14-15H2,1-5H3,(H2,23,24,25). The fourth-order valence-electron chi connectivity index (χ4n) is 2.66. The van der Waals surface area contributed by atoms with Crippen molar-refractivity contribution in [2.45, 2.75) is 26.5 Å². The van der Waals surface area contributed by atoms with Crippen LogP contribution in [0.2, 0.25) is 0 Å². The summed E-state index contributed by atoms with van der Waals surface area (Å²) in [6, 6.07) is 13.3. The van der Waals surface area contributed by atoms with Crippen LogP contribution in [0.25, 0.3) is 0 Å². The van der Waals surface area contributed by atoms with Gasteiger partial charge in [0.1, 0.15) is 17.6 Å². The van der Waals surface area contributed by atoms with Crippen LogP contribution < -0.4 is 29.6 Å². The molecule has 0 aliphatic carbocycles. The van der Waals surface area contributed by atoms with E-state index in [1.165, 1.54) is 0 Å². The van der Waals surface area contributed by atoms with E-state index in [0.717, 1.165) is 29.6 Å². The molecule has 0 aromatic heterocycles. The summed E-state index contributed by atoms with van der Waals surface area (Å²) >= 11 is 0. The van der Waals surface area contributed by atoms with Gasteiger partial charge in [-0.15, -0.1) is 0 Å². The van der Waals surface area contributed by atoms with E-state index in [-0.39, 0.29) is 6.10 Å². The zero-order chi connectivity index (χ0) is 21.1. The molecule has 7 heteroatoms. The highest BCUT2D eigenvalue weighted by molar-refractivity contribution is 5.79. The predicted molar refractivity (Wildman–Crippen MR) is 115 cm³/mol. The van der Waals surface area contributed by atoms with Crippen LogP contribution in [0.15, 0.2) is 47.5 Å². The number of nitrogens with one attached hydrogen (secondary N) is 2. The highest BCUT2D eigenvalue weighted by Gasteiger charge is 2.07. The first-order chi connectivity index (χ1) is 14.1. The number of rotatable bonds is 10. The molecule has 2 aromatic rings. The summed E-state index contributed by atoms with van der Waals surface area (Å²) in [5.41, 5.74) is 1.03. The first-order valence-corrected chi connectivity index (χ1v) is 9.63. The molecule has 7 nitrogen and oxygen atoms in total. The summed E-state index contributed by atoms with van der Waals surface area (Å²) in [7, 11) is 4.89. The smallest absolute Gasteiger partial charge is 0.191 e. The van der Waals surface area contributed by atoms with E-state index in [9.17, 15) is 0 Å². The molecule has 0 fully saturated rings. The van der Waals surface area contributed by atoms with E-state index in [2.05, 4.69) is 15.6 Å². The van der Waals surface area contributed by atoms with E-state index >= 15 is 0 Å². The molecule has 158 valence electrons. The van der Waals surface area contributed by atoms with Gasteiger partial charge in [0.15, 0.2) is 17.5 Å². The van der Waals surface area contributed by atoms with Crippen molar-refractivity contribution in [2.75, 3.05) is 34.4 Å². The number of aliphatic imine (C=N–C) groups is 1. The van der Waals surface area contributed by atoms with Gasteiger partial charge in [-0.25, -0.2) is 4.99 Å². The fraction of sp³-hybridized carbons (Fsp3) is 0.409. The Kier molecular flexibility index (Phi) is 8.95. The van der Waals surface area contributed by atoms with Crippen molar-refractivity contribution in [3.8, 4) is 23.0 Å². The van der Waals surface area contributed by atoms with Gasteiger partial charge in [0, 0.05) is 6.54 Å². The zero-order valence-electron chi connectivity index (χ0n) is 17.8. The minimum atomic E-state index is -0.0340. The number of benzene rings is 2. The van der Waals surface area contributed by atoms with Crippen molar-refractivity contribution < 1.29 is 18.9 Å². The Bertz CT molecular complexity index is 778. The lowest BCUT2D eigenvalue weighted by molar-refractivity contribution is 0.223. The van der Waals surface area contributed by atoms with Crippen molar-refractivity contribution >= 4 is 5.96 Å². The molecule has 0 radical (unpaired) electrons. The Morgan fingerprint density at radius 1 is 0.897 bits per heavy atom. The van der Waals surface area contributed by atoms with Crippen molar-refractivity contribution in [2.24, 2.45) is 4.99 Å². The second kappa shape index (κ2) is 11.7. The highest BCUT2D eigenvalue weighted by Crippen LogP contribution is 2.27. The summed E-state index contributed by atoms with van der Waals surface area (Å²) in [6.45, 7) is 5.94. The summed E-state index contributed by atoms with van der Waals surface area (Å²) < 4.78 is 21.7. The highest BCUT2D eigenvalue weighted by atomic mass is 16.5. The van der Waals surface area contributed by atoms with E-state index < -0.39 is 0 Å². The number of ether oxygens (including phenoxy) is 4. The van der Waals surface area contributed by atoms with Crippen LogP contribution in [-0.2, 0) is 6.54 Å². The molecule has 0 amide bonds. The van der Waals surface area contributed by atoms with Crippen LogP contribution in [0.5, 0.6) is 23.0 Å². The van der Waals surface area contributed by atoms with Crippen molar-refractivity contribution in [1.29, 1.82) is 0 Å². The second-order valence-corrected chi connectivity index (χ2v) is 6.37. The maximum Gasteiger partial charge on any atom is 0.191 e. The molecule has 0 heterocycles. The molecule has 0 aliphatic rings. The first kappa shape index (κ1) is 22.2. The van der Waals surface area contributed by atoms with E-state index in [1.54, 1.807) is 21.3 Å². The van der Waals surface area contributed by atoms with Crippen molar-refractivity contribution in [1.82, 2.24) is 10.6 Å². The lowest BCUT2D eigenvalue weighted by Gasteiger charge is -2.18. The Hall–Kier alpha value is -3.09. The van der Waals surface area contributed by atoms with Gasteiger partial charge in [-0.2, -0.15) is 0 Å². The largest absolute Gasteiger partial charge is 0.497 e. The summed E-state index contributed by atoms with van der Waals surface area (Å²) in [5, 5.41) is 6.57. The molecule has 0 saturated carbocycles. The maximum atomic E-state index is 5.93. The summed E-state index contributed by atoms with van der Waals surface area (Å²) in [6.07, 6.45) is -0.0340. The molecule has 1 unspecified atom stereocenters. The summed E-state index contributed by atoms with van der Waals surface area (Å²) in [5.74, 6) is 3.73. The van der Waals surface area contributed by atoms with E-state index in [1.807, 2.05) is 56.3 Å². The van der Waals surface area contributed by atoms with Crippen LogP contribution in [0, 0.1) is 0 Å². The molecule has 0 spiro atoms. The fourth-order valence-corrected chi connectivity index (χ4v) is 2.66. The molecule has 2 aromatic carbocycles. The lowest BCUT2D eigenvalue weighted by atomic mass is 10.2. The average Bonchev–Trinajstić information content (AvgIpc) is 2.75. The van der Waals surface area contributed by atoms with Gasteiger partial charge in [-0.05, 0) is 55.8 Å². The number of nitrogens with zero attached hydrogens (tertiary/aromatic N) is 1. The van der Waals surface area contributed by atoms with E-state index in [0.29, 0.717) is 24.6 Å². The number of guanidine groups is 1. The molecule has 0 bridgehead atoms. The molecule has 0 saturated heterocycles. The van der Waals surface area contributed by atoms with Crippen LogP contribution >= 0.6 is 0 Å². The summed E-state index contributed by atoms with van der Waals surface area (Å²) in [4.78, 5) is 4.64. The third kappa shape index (κ3) is 7.10. The second-order valence-electron chi connectivity index (χ2n) is 6.37. The number of hydrogen-bond acceptors (Lipinski definition) is 5. The molecular weight excluding hydrogens is 370 g/mol. The van der Waals surface area contributed by atoms with Gasteiger partial charge in [-0.1, -0.05) is 6.07 Å². The normalized spacial score (nSPS) is 12.1. The third-order valence-corrected chi connectivity index (χ3v) is 4.17. The Balaban J connectivity index is 1.92. The monoisotopic (exact) mass is 401 g/mol. The SMILES string of the molecule is CCNC(=NCc1ccc(OC)c(OC)c1)NCC(C)Oc1ccc(OC)cc1. The zero-order valence-corrected chi connectivity index (χ0v) is 17.8. The molecular formula is C22H31N3O4. The maximum absolute atomic E-state index is 5.93. The molecule has 1 atom stereocenters. The van der Waals surface area contributed by atoms with Crippen molar-refractivity contribution in [3.63, 3.8) is 0 Å². The van der Waals surface area contributed by atoms with Crippen LogP contribution in [-0.4, -0.2) is 46.5 Å². The van der Waals surface area contributed by atoms with Gasteiger partial charge in [0.25, 0.3) is 0 Å². The minimum absolute atomic E-state index is 0.0340. The van der Waals surface area contributed by atoms with E-state index in [4.69, 9.17) is 18.9 Å². The Morgan fingerprint density at radius 3 is 2.21 bits per heavy atom. The molecule has 2 N–H and O–H groups in total. The van der Waals surface area contributed by atoms with Gasteiger partial charge >= 0.3 is 0 Å². The van der Waals surface area contributed by atoms with Gasteiger partial charge < -0.3 is 29.6 Å². The van der Waals surface area contributed by atoms with Crippen molar-refractivity contribution in [3.05, 3.63) is 48.0 Å². The Labute approximate surface area is 173 Å². The molecule has 29 heavy (non-hydrogen) atoms. The lowest BCUT2D eigenvalue weighted by Crippen LogP contribution is -2.41. The minimum Gasteiger partial charge on any atom is -0.497 e. The molecule has 0 aliphatic heterocycles. The third-order valence-electron chi connectivity index (χ3n) is 4.17. The van der Waals surface area contributed by atoms with Crippen LogP contribution in [0.3, 0.4) is 0 Å². The van der Waals surface area contributed by atoms with Gasteiger partial charge in [0.2, 0.25) is 0 Å². The quantitative estimate of drug-likeness (QED) is 0.470. The predicted octanol–water partition coefficient (Wildman–Crippen LogP) is 3.24. The molecule has 2 rings (SSSR count). The topological polar surface area (TPSA) is 73.3 Å². The van der Waals surface area contributed by atoms with Gasteiger partial charge in [-0.3, -0.25) is 0 Å². The van der Waals surface area contributed by atoms with Crippen LogP contribution in [0.4, 0.5) is 0 Å². The number of methoxy groups -OCH3 is 3. The first-order valence-electron chi connectivity index (χ1n) is 9.63. The van der Waals surface area contributed by atoms with Gasteiger partial charge in [0.05, 0.1) is 34.4 Å². The number of hydrogen-bond donors (Lipinski definition) is 2. The van der Waals surface area contributed by atoms with Crippen LogP contribution in [0.1, 0.15) is 19.4 Å². The average molecular weight is 402 g/mol. The Morgan fingerprint density at radius 2 is 1.59 bits per heavy atom.